The molecule has 0 aliphatic carbocycles. The number of ether oxygens (including phenoxy) is 1. The van der Waals surface area contributed by atoms with Crippen LogP contribution in [0.15, 0.2) is 89.7 Å². The van der Waals surface area contributed by atoms with E-state index in [-0.39, 0.29) is 11.3 Å². The number of nitrogens with one attached hydrogen (secondary N) is 1. The van der Waals surface area contributed by atoms with E-state index in [0.29, 0.717) is 23.1 Å². The van der Waals surface area contributed by atoms with E-state index in [9.17, 15) is 9.59 Å². The van der Waals surface area contributed by atoms with Crippen molar-refractivity contribution in [3.63, 3.8) is 0 Å². The van der Waals surface area contributed by atoms with E-state index in [0.717, 1.165) is 5.56 Å². The maximum absolute atomic E-state index is 13.4. The molecule has 0 saturated heterocycles. The number of amides is 1. The predicted octanol–water partition coefficient (Wildman–Crippen LogP) is 3.93. The zero-order chi connectivity index (χ0) is 20.2. The smallest absolute Gasteiger partial charge is 0.272 e. The van der Waals surface area contributed by atoms with Crippen molar-refractivity contribution in [2.75, 3.05) is 7.11 Å². The zero-order valence-corrected chi connectivity index (χ0v) is 16.0. The Hall–Kier alpha value is -3.86. The minimum atomic E-state index is -0.467. The molecule has 1 N–H and O–H groups in total. The van der Waals surface area contributed by atoms with Crippen LogP contribution in [0.1, 0.15) is 15.9 Å². The van der Waals surface area contributed by atoms with Crippen LogP contribution in [-0.2, 0) is 6.54 Å². The van der Waals surface area contributed by atoms with E-state index in [4.69, 9.17) is 4.74 Å². The second-order valence-corrected chi connectivity index (χ2v) is 6.57. The highest BCUT2D eigenvalue weighted by molar-refractivity contribution is 6.03. The number of carbonyl (C=O) groups is 1. The van der Waals surface area contributed by atoms with E-state index >= 15 is 0 Å². The molecule has 29 heavy (non-hydrogen) atoms. The highest BCUT2D eigenvalue weighted by atomic mass is 16.5. The molecule has 0 radical (unpaired) electrons. The lowest BCUT2D eigenvalue weighted by Gasteiger charge is -2.17. The molecule has 5 nitrogen and oxygen atoms in total. The lowest BCUT2D eigenvalue weighted by molar-refractivity contribution is 0.0946. The van der Waals surface area contributed by atoms with Crippen molar-refractivity contribution in [2.45, 2.75) is 6.54 Å². The van der Waals surface area contributed by atoms with Gasteiger partial charge in [0.05, 0.1) is 12.6 Å². The number of benzene rings is 3. The molecule has 0 spiro atoms. The molecule has 1 aromatic heterocycles. The lowest BCUT2D eigenvalue weighted by atomic mass is 10.1. The first-order valence-corrected chi connectivity index (χ1v) is 9.30. The van der Waals surface area contributed by atoms with Crippen LogP contribution in [0.2, 0.25) is 0 Å². The van der Waals surface area contributed by atoms with Crippen LogP contribution >= 0.6 is 0 Å². The van der Waals surface area contributed by atoms with Gasteiger partial charge in [-0.25, -0.2) is 0 Å². The molecule has 0 unspecified atom stereocenters. The van der Waals surface area contributed by atoms with Gasteiger partial charge in [0.1, 0.15) is 11.3 Å². The van der Waals surface area contributed by atoms with Gasteiger partial charge in [-0.15, -0.1) is 0 Å². The van der Waals surface area contributed by atoms with E-state index in [2.05, 4.69) is 5.32 Å². The van der Waals surface area contributed by atoms with Gasteiger partial charge in [0.25, 0.3) is 11.5 Å². The third kappa shape index (κ3) is 3.50. The van der Waals surface area contributed by atoms with Gasteiger partial charge in [-0.2, -0.15) is 0 Å². The molecule has 4 rings (SSSR count). The van der Waals surface area contributed by atoms with Crippen molar-refractivity contribution in [3.8, 4) is 11.4 Å². The van der Waals surface area contributed by atoms with Crippen LogP contribution in [0.4, 0.5) is 0 Å². The number of rotatable bonds is 5. The lowest BCUT2D eigenvalue weighted by Crippen LogP contribution is -2.33. The minimum Gasteiger partial charge on any atom is -0.495 e. The third-order valence-corrected chi connectivity index (χ3v) is 4.78. The van der Waals surface area contributed by atoms with Crippen molar-refractivity contribution >= 4 is 16.8 Å². The first kappa shape index (κ1) is 18.5. The van der Waals surface area contributed by atoms with Crippen LogP contribution in [0.5, 0.6) is 5.75 Å². The average Bonchev–Trinajstić information content (AvgIpc) is 2.78. The number of aromatic nitrogens is 1. The Labute approximate surface area is 168 Å². The second kappa shape index (κ2) is 8.02. The van der Waals surface area contributed by atoms with Crippen LogP contribution < -0.4 is 15.6 Å². The van der Waals surface area contributed by atoms with Gasteiger partial charge in [-0.1, -0.05) is 60.7 Å². The van der Waals surface area contributed by atoms with Gasteiger partial charge in [0.15, 0.2) is 0 Å². The maximum atomic E-state index is 13.4. The molecular weight excluding hydrogens is 364 g/mol. The van der Waals surface area contributed by atoms with Crippen molar-refractivity contribution in [2.24, 2.45) is 0 Å². The highest BCUT2D eigenvalue weighted by Gasteiger charge is 2.23. The minimum absolute atomic E-state index is 0.00835. The van der Waals surface area contributed by atoms with Crippen molar-refractivity contribution in [1.29, 1.82) is 0 Å². The standard InChI is InChI=1S/C24H20N2O3/c1-29-22-19-14-8-9-15-20(19)26(18-12-6-3-7-13-18)24(28)21(22)23(27)25-16-17-10-4-2-5-11-17/h2-15H,16H2,1H3,(H,25,27). The second-order valence-electron chi connectivity index (χ2n) is 6.57. The number of fused-ring (bicyclic) bond motifs is 1. The summed E-state index contributed by atoms with van der Waals surface area (Å²) in [6.45, 7) is 0.320. The predicted molar refractivity (Wildman–Crippen MR) is 114 cm³/mol. The summed E-state index contributed by atoms with van der Waals surface area (Å²) in [7, 11) is 1.47. The fraction of sp³-hybridized carbons (Fsp3) is 0.0833. The number of hydrogen-bond donors (Lipinski definition) is 1. The number of para-hydroxylation sites is 2. The Morgan fingerprint density at radius 2 is 1.52 bits per heavy atom. The molecule has 0 saturated carbocycles. The molecule has 4 aromatic rings. The topological polar surface area (TPSA) is 60.3 Å². The molecule has 0 bridgehead atoms. The molecule has 144 valence electrons. The monoisotopic (exact) mass is 384 g/mol. The van der Waals surface area contributed by atoms with E-state index in [1.807, 2.05) is 84.9 Å². The number of pyridine rings is 1. The number of carbonyl (C=O) groups excluding carboxylic acids is 1. The SMILES string of the molecule is COc1c(C(=O)NCc2ccccc2)c(=O)n(-c2ccccc2)c2ccccc12. The van der Waals surface area contributed by atoms with E-state index in [1.165, 1.54) is 7.11 Å². The summed E-state index contributed by atoms with van der Waals surface area (Å²) >= 11 is 0. The Balaban J connectivity index is 1.88. The quantitative estimate of drug-likeness (QED) is 0.567. The summed E-state index contributed by atoms with van der Waals surface area (Å²) in [4.78, 5) is 26.5. The molecule has 0 aliphatic rings. The van der Waals surface area contributed by atoms with Crippen molar-refractivity contribution in [1.82, 2.24) is 9.88 Å². The summed E-state index contributed by atoms with van der Waals surface area (Å²) in [5.74, 6) is -0.186. The summed E-state index contributed by atoms with van der Waals surface area (Å²) in [5, 5.41) is 3.54. The van der Waals surface area contributed by atoms with Gasteiger partial charge in [-0.05, 0) is 29.8 Å². The fourth-order valence-electron chi connectivity index (χ4n) is 3.43. The summed E-state index contributed by atoms with van der Waals surface area (Å²) < 4.78 is 7.08. The summed E-state index contributed by atoms with van der Waals surface area (Å²) in [6, 6.07) is 26.2. The van der Waals surface area contributed by atoms with Crippen LogP contribution in [0.3, 0.4) is 0 Å². The molecule has 5 heteroatoms. The highest BCUT2D eigenvalue weighted by Crippen LogP contribution is 2.29. The molecular formula is C24H20N2O3. The van der Waals surface area contributed by atoms with Crippen LogP contribution in [0, 0.1) is 0 Å². The largest absolute Gasteiger partial charge is 0.495 e. The number of nitrogens with zero attached hydrogens (tertiary/aromatic N) is 1. The average molecular weight is 384 g/mol. The number of methoxy groups -OCH3 is 1. The Kier molecular flexibility index (Phi) is 5.12. The van der Waals surface area contributed by atoms with Crippen LogP contribution in [0.25, 0.3) is 16.6 Å². The van der Waals surface area contributed by atoms with Gasteiger partial charge in [0.2, 0.25) is 0 Å². The molecule has 3 aromatic carbocycles. The summed E-state index contributed by atoms with van der Waals surface area (Å²) in [5.41, 5.74) is 1.89. The summed E-state index contributed by atoms with van der Waals surface area (Å²) in [6.07, 6.45) is 0. The van der Waals surface area contributed by atoms with Gasteiger partial charge >= 0.3 is 0 Å². The first-order valence-electron chi connectivity index (χ1n) is 9.30. The Morgan fingerprint density at radius 1 is 0.897 bits per heavy atom. The molecule has 0 atom stereocenters. The fourth-order valence-corrected chi connectivity index (χ4v) is 3.43. The first-order chi connectivity index (χ1) is 14.2. The maximum Gasteiger partial charge on any atom is 0.272 e. The molecule has 0 aliphatic heterocycles. The molecule has 0 fully saturated rings. The van der Waals surface area contributed by atoms with E-state index < -0.39 is 11.5 Å². The van der Waals surface area contributed by atoms with E-state index in [1.54, 1.807) is 4.57 Å². The van der Waals surface area contributed by atoms with Gasteiger partial charge in [-0.3, -0.25) is 14.2 Å². The van der Waals surface area contributed by atoms with Crippen LogP contribution in [-0.4, -0.2) is 17.6 Å². The van der Waals surface area contributed by atoms with Gasteiger partial charge < -0.3 is 10.1 Å². The van der Waals surface area contributed by atoms with Gasteiger partial charge in [0, 0.05) is 17.6 Å². The molecule has 1 amide bonds. The normalized spacial score (nSPS) is 10.7. The third-order valence-electron chi connectivity index (χ3n) is 4.78. The van der Waals surface area contributed by atoms with Crippen molar-refractivity contribution < 1.29 is 9.53 Å². The number of hydrogen-bond acceptors (Lipinski definition) is 3. The molecule has 1 heterocycles. The zero-order valence-electron chi connectivity index (χ0n) is 16.0. The van der Waals surface area contributed by atoms with Crippen molar-refractivity contribution in [3.05, 3.63) is 106 Å². The Morgan fingerprint density at radius 3 is 2.21 bits per heavy atom. The Bertz CT molecular complexity index is 1220.